The maximum absolute atomic E-state index is 11.9. The standard InChI is InChI=1S/C9H16N2O4S/c1-2-10(7-8(12)13)9(14)11-3-5-16(15)6-4-11/h2-7H2,1H3,(H,12,13). The van der Waals surface area contributed by atoms with Crippen LogP contribution in [-0.2, 0) is 15.6 Å². The third-order valence-corrected chi connectivity index (χ3v) is 3.70. The van der Waals surface area contributed by atoms with Gasteiger partial charge in [-0.05, 0) is 6.92 Å². The first kappa shape index (κ1) is 13.0. The van der Waals surface area contributed by atoms with Crippen LogP contribution in [0.3, 0.4) is 0 Å². The number of urea groups is 1. The highest BCUT2D eigenvalue weighted by Gasteiger charge is 2.24. The number of carbonyl (C=O) groups excluding carboxylic acids is 1. The molecule has 0 atom stereocenters. The van der Waals surface area contributed by atoms with Crippen molar-refractivity contribution in [1.29, 1.82) is 0 Å². The summed E-state index contributed by atoms with van der Waals surface area (Å²) in [7, 11) is -0.832. The largest absolute Gasteiger partial charge is 0.480 e. The van der Waals surface area contributed by atoms with Gasteiger partial charge in [0.2, 0.25) is 0 Å². The van der Waals surface area contributed by atoms with Crippen molar-refractivity contribution in [3.05, 3.63) is 0 Å². The van der Waals surface area contributed by atoms with Crippen LogP contribution < -0.4 is 0 Å². The molecule has 1 aliphatic heterocycles. The van der Waals surface area contributed by atoms with Crippen molar-refractivity contribution < 1.29 is 18.9 Å². The molecule has 1 fully saturated rings. The molecular formula is C9H16N2O4S. The molecule has 16 heavy (non-hydrogen) atoms. The summed E-state index contributed by atoms with van der Waals surface area (Å²) < 4.78 is 11.1. The summed E-state index contributed by atoms with van der Waals surface area (Å²) in [6.07, 6.45) is 0. The minimum absolute atomic E-state index is 0.276. The Morgan fingerprint density at radius 3 is 2.38 bits per heavy atom. The molecule has 1 heterocycles. The first-order valence-electron chi connectivity index (χ1n) is 5.15. The molecule has 0 bridgehead atoms. The second-order valence-corrected chi connectivity index (χ2v) is 5.22. The van der Waals surface area contributed by atoms with Crippen LogP contribution in [0.2, 0.25) is 0 Å². The van der Waals surface area contributed by atoms with Crippen molar-refractivity contribution in [3.8, 4) is 0 Å². The summed E-state index contributed by atoms with van der Waals surface area (Å²) >= 11 is 0. The van der Waals surface area contributed by atoms with E-state index in [9.17, 15) is 13.8 Å². The summed E-state index contributed by atoms with van der Waals surface area (Å²) in [6, 6.07) is -0.276. The van der Waals surface area contributed by atoms with Gasteiger partial charge in [-0.25, -0.2) is 4.79 Å². The topological polar surface area (TPSA) is 77.9 Å². The number of carboxylic acid groups (broad SMARTS) is 1. The number of likely N-dealkylation sites (N-methyl/N-ethyl adjacent to an activating group) is 1. The van der Waals surface area contributed by atoms with Crippen molar-refractivity contribution in [2.75, 3.05) is 37.7 Å². The maximum Gasteiger partial charge on any atom is 0.323 e. The Kier molecular flexibility index (Phi) is 4.72. The van der Waals surface area contributed by atoms with Crippen LogP contribution in [0, 0.1) is 0 Å². The van der Waals surface area contributed by atoms with E-state index in [-0.39, 0.29) is 12.6 Å². The molecule has 0 aromatic carbocycles. The van der Waals surface area contributed by atoms with Gasteiger partial charge in [0.15, 0.2) is 0 Å². The van der Waals surface area contributed by atoms with Crippen LogP contribution >= 0.6 is 0 Å². The molecule has 7 heteroatoms. The van der Waals surface area contributed by atoms with E-state index in [1.54, 1.807) is 11.8 Å². The minimum atomic E-state index is -1.02. The molecule has 0 unspecified atom stereocenters. The predicted molar refractivity (Wildman–Crippen MR) is 59.7 cm³/mol. The van der Waals surface area contributed by atoms with E-state index < -0.39 is 16.8 Å². The fourth-order valence-corrected chi connectivity index (χ4v) is 2.56. The lowest BCUT2D eigenvalue weighted by atomic mass is 10.4. The summed E-state index contributed by atoms with van der Waals surface area (Å²) in [5.41, 5.74) is 0. The van der Waals surface area contributed by atoms with Crippen LogP contribution in [0.15, 0.2) is 0 Å². The van der Waals surface area contributed by atoms with Crippen LogP contribution in [-0.4, -0.2) is 68.8 Å². The Hall–Kier alpha value is -1.11. The van der Waals surface area contributed by atoms with Crippen LogP contribution in [0.4, 0.5) is 4.79 Å². The lowest BCUT2D eigenvalue weighted by Gasteiger charge is -2.31. The maximum atomic E-state index is 11.9. The lowest BCUT2D eigenvalue weighted by Crippen LogP contribution is -2.49. The minimum Gasteiger partial charge on any atom is -0.480 e. The molecule has 6 nitrogen and oxygen atoms in total. The van der Waals surface area contributed by atoms with E-state index in [0.29, 0.717) is 31.1 Å². The van der Waals surface area contributed by atoms with Crippen molar-refractivity contribution in [1.82, 2.24) is 9.80 Å². The van der Waals surface area contributed by atoms with Crippen molar-refractivity contribution >= 4 is 22.8 Å². The third-order valence-electron chi connectivity index (χ3n) is 2.43. The second kappa shape index (κ2) is 5.83. The van der Waals surface area contributed by atoms with Gasteiger partial charge in [-0.3, -0.25) is 9.00 Å². The average molecular weight is 248 g/mol. The molecule has 1 rings (SSSR count). The molecule has 1 saturated heterocycles. The fraction of sp³-hybridized carbons (Fsp3) is 0.778. The molecule has 0 radical (unpaired) electrons. The molecule has 0 aliphatic carbocycles. The third kappa shape index (κ3) is 3.48. The van der Waals surface area contributed by atoms with Crippen molar-refractivity contribution in [3.63, 3.8) is 0 Å². The van der Waals surface area contributed by atoms with Gasteiger partial charge in [0.1, 0.15) is 6.54 Å². The summed E-state index contributed by atoms with van der Waals surface area (Å²) in [4.78, 5) is 25.2. The molecular weight excluding hydrogens is 232 g/mol. The van der Waals surface area contributed by atoms with Gasteiger partial charge >= 0.3 is 12.0 Å². The van der Waals surface area contributed by atoms with E-state index in [2.05, 4.69) is 0 Å². The molecule has 0 saturated carbocycles. The molecule has 1 aliphatic rings. The highest BCUT2D eigenvalue weighted by Crippen LogP contribution is 2.04. The summed E-state index contributed by atoms with van der Waals surface area (Å²) in [5, 5.41) is 8.64. The van der Waals surface area contributed by atoms with Gasteiger partial charge in [0, 0.05) is 41.9 Å². The number of aliphatic carboxylic acids is 1. The van der Waals surface area contributed by atoms with E-state index in [1.807, 2.05) is 0 Å². The monoisotopic (exact) mass is 248 g/mol. The first-order chi connectivity index (χ1) is 7.54. The Bertz CT molecular complexity index is 298. The van der Waals surface area contributed by atoms with Crippen LogP contribution in [0.1, 0.15) is 6.92 Å². The van der Waals surface area contributed by atoms with Gasteiger partial charge in [-0.2, -0.15) is 0 Å². The van der Waals surface area contributed by atoms with Gasteiger partial charge in [0.25, 0.3) is 0 Å². The Labute approximate surface area is 96.7 Å². The predicted octanol–water partition coefficient (Wildman–Crippen LogP) is -0.423. The zero-order valence-corrected chi connectivity index (χ0v) is 10.0. The first-order valence-corrected chi connectivity index (χ1v) is 6.64. The van der Waals surface area contributed by atoms with E-state index in [1.165, 1.54) is 4.90 Å². The zero-order valence-electron chi connectivity index (χ0n) is 9.22. The zero-order chi connectivity index (χ0) is 12.1. The van der Waals surface area contributed by atoms with Gasteiger partial charge < -0.3 is 14.9 Å². The van der Waals surface area contributed by atoms with Crippen LogP contribution in [0.5, 0.6) is 0 Å². The van der Waals surface area contributed by atoms with E-state index in [0.717, 1.165) is 0 Å². The molecule has 1 N–H and O–H groups in total. The molecule has 92 valence electrons. The number of rotatable bonds is 3. The molecule has 0 spiro atoms. The number of amides is 2. The number of nitrogens with zero attached hydrogens (tertiary/aromatic N) is 2. The van der Waals surface area contributed by atoms with E-state index >= 15 is 0 Å². The quantitative estimate of drug-likeness (QED) is 0.735. The Morgan fingerprint density at radius 1 is 1.38 bits per heavy atom. The fourth-order valence-electron chi connectivity index (χ4n) is 1.51. The van der Waals surface area contributed by atoms with E-state index in [4.69, 9.17) is 5.11 Å². The van der Waals surface area contributed by atoms with Crippen molar-refractivity contribution in [2.45, 2.75) is 6.92 Å². The van der Waals surface area contributed by atoms with Gasteiger partial charge in [-0.15, -0.1) is 0 Å². The Morgan fingerprint density at radius 2 is 1.94 bits per heavy atom. The normalized spacial score (nSPS) is 17.2. The number of hydrogen-bond donors (Lipinski definition) is 1. The molecule has 2 amide bonds. The second-order valence-electron chi connectivity index (χ2n) is 3.53. The summed E-state index contributed by atoms with van der Waals surface area (Å²) in [5.74, 6) is -0.0528. The van der Waals surface area contributed by atoms with Crippen molar-refractivity contribution in [2.24, 2.45) is 0 Å². The Balaban J connectivity index is 2.54. The number of carboxylic acids is 1. The molecule has 0 aromatic heterocycles. The van der Waals surface area contributed by atoms with Gasteiger partial charge in [0.05, 0.1) is 0 Å². The number of carbonyl (C=O) groups is 2. The summed E-state index contributed by atoms with van der Waals surface area (Å²) in [6.45, 7) is 2.71. The SMILES string of the molecule is CCN(CC(=O)O)C(=O)N1CCS(=O)CC1. The number of hydrogen-bond acceptors (Lipinski definition) is 3. The van der Waals surface area contributed by atoms with Gasteiger partial charge in [-0.1, -0.05) is 0 Å². The van der Waals surface area contributed by atoms with Crippen LogP contribution in [0.25, 0.3) is 0 Å². The highest BCUT2D eigenvalue weighted by atomic mass is 32.2. The molecule has 0 aromatic rings. The smallest absolute Gasteiger partial charge is 0.323 e. The average Bonchev–Trinajstić information content (AvgIpc) is 2.25. The highest BCUT2D eigenvalue weighted by molar-refractivity contribution is 7.85. The lowest BCUT2D eigenvalue weighted by molar-refractivity contribution is -0.137.